The first-order valence-electron chi connectivity index (χ1n) is 9.54. The second-order valence-electron chi connectivity index (χ2n) is 7.24. The van der Waals surface area contributed by atoms with Gasteiger partial charge in [-0.3, -0.25) is 9.89 Å². The lowest BCUT2D eigenvalue weighted by molar-refractivity contribution is 0.102. The van der Waals surface area contributed by atoms with Crippen molar-refractivity contribution in [2.45, 2.75) is 6.61 Å². The molecule has 31 heavy (non-hydrogen) atoms. The molecule has 0 fully saturated rings. The van der Waals surface area contributed by atoms with Crippen LogP contribution in [0.5, 0.6) is 5.75 Å². The zero-order valence-electron chi connectivity index (χ0n) is 16.9. The molecule has 6 nitrogen and oxygen atoms in total. The number of nitrogens with one attached hydrogen (secondary N) is 2. The van der Waals surface area contributed by atoms with Crippen molar-refractivity contribution in [3.8, 4) is 5.75 Å². The number of rotatable bonds is 6. The number of aromatic nitrogens is 2. The van der Waals surface area contributed by atoms with Crippen LogP contribution in [0.25, 0.3) is 10.9 Å². The third kappa shape index (κ3) is 4.63. The van der Waals surface area contributed by atoms with Gasteiger partial charge in [0.2, 0.25) is 0 Å². The Hall–Kier alpha value is -3.94. The molecule has 0 aliphatic rings. The van der Waals surface area contributed by atoms with E-state index in [0.29, 0.717) is 33.6 Å². The van der Waals surface area contributed by atoms with Crippen molar-refractivity contribution in [1.29, 1.82) is 0 Å². The second kappa shape index (κ2) is 8.43. The number of anilines is 2. The Bertz CT molecular complexity index is 1220. The molecule has 0 spiro atoms. The van der Waals surface area contributed by atoms with Crippen LogP contribution in [0.15, 0.2) is 60.7 Å². The van der Waals surface area contributed by atoms with Crippen LogP contribution in [0.1, 0.15) is 15.9 Å². The summed E-state index contributed by atoms with van der Waals surface area (Å²) >= 11 is 0. The van der Waals surface area contributed by atoms with Crippen LogP contribution in [-0.4, -0.2) is 30.2 Å². The fraction of sp³-hybridized carbons (Fsp3) is 0.130. The third-order valence-corrected chi connectivity index (χ3v) is 4.74. The number of hydrogen-bond acceptors (Lipinski definition) is 4. The van der Waals surface area contributed by atoms with E-state index in [1.165, 1.54) is 12.1 Å². The number of halogens is 2. The lowest BCUT2D eigenvalue weighted by Crippen LogP contribution is -2.13. The first kappa shape index (κ1) is 20.3. The van der Waals surface area contributed by atoms with Gasteiger partial charge in [0.25, 0.3) is 5.91 Å². The van der Waals surface area contributed by atoms with Gasteiger partial charge in [0.1, 0.15) is 24.0 Å². The molecule has 0 unspecified atom stereocenters. The van der Waals surface area contributed by atoms with E-state index >= 15 is 0 Å². The van der Waals surface area contributed by atoms with E-state index in [-0.39, 0.29) is 12.5 Å². The Kier molecular flexibility index (Phi) is 5.53. The average Bonchev–Trinajstić information content (AvgIpc) is 3.13. The molecule has 4 aromatic rings. The molecule has 1 heterocycles. The Morgan fingerprint density at radius 3 is 2.42 bits per heavy atom. The highest BCUT2D eigenvalue weighted by molar-refractivity contribution is 6.08. The molecule has 0 aliphatic carbocycles. The molecule has 8 heteroatoms. The highest BCUT2D eigenvalue weighted by Crippen LogP contribution is 2.26. The van der Waals surface area contributed by atoms with Gasteiger partial charge in [-0.1, -0.05) is 0 Å². The summed E-state index contributed by atoms with van der Waals surface area (Å²) in [5.74, 6) is -0.681. The SMILES string of the molecule is CN(C)c1ccc(C(=O)Nc2n[nH]c3cc(OCc4cc(F)cc(F)c4)ccc23)cc1. The van der Waals surface area contributed by atoms with Gasteiger partial charge in [0.15, 0.2) is 5.82 Å². The summed E-state index contributed by atoms with van der Waals surface area (Å²) in [6, 6.07) is 15.7. The number of carbonyl (C=O) groups excluding carboxylic acids is 1. The number of aromatic amines is 1. The number of amides is 1. The van der Waals surface area contributed by atoms with Crippen LogP contribution in [0, 0.1) is 11.6 Å². The molecule has 4 rings (SSSR count). The van der Waals surface area contributed by atoms with Crippen molar-refractivity contribution in [3.05, 3.63) is 83.4 Å². The molecule has 1 aromatic heterocycles. The minimum absolute atomic E-state index is 0.0147. The lowest BCUT2D eigenvalue weighted by atomic mass is 10.2. The van der Waals surface area contributed by atoms with Gasteiger partial charge >= 0.3 is 0 Å². The predicted molar refractivity (Wildman–Crippen MR) is 116 cm³/mol. The summed E-state index contributed by atoms with van der Waals surface area (Å²) in [6.45, 7) is 0.0147. The number of hydrogen-bond donors (Lipinski definition) is 2. The van der Waals surface area contributed by atoms with E-state index in [1.807, 2.05) is 31.1 Å². The predicted octanol–water partition coefficient (Wildman–Crippen LogP) is 4.74. The molecule has 3 aromatic carbocycles. The van der Waals surface area contributed by atoms with E-state index < -0.39 is 11.6 Å². The van der Waals surface area contributed by atoms with E-state index in [1.54, 1.807) is 30.3 Å². The zero-order chi connectivity index (χ0) is 22.0. The maximum Gasteiger partial charge on any atom is 0.256 e. The van der Waals surface area contributed by atoms with Crippen molar-refractivity contribution in [2.75, 3.05) is 24.3 Å². The number of ether oxygens (including phenoxy) is 1. The highest BCUT2D eigenvalue weighted by atomic mass is 19.1. The highest BCUT2D eigenvalue weighted by Gasteiger charge is 2.12. The van der Waals surface area contributed by atoms with Crippen LogP contribution < -0.4 is 15.0 Å². The van der Waals surface area contributed by atoms with Crippen molar-refractivity contribution in [1.82, 2.24) is 10.2 Å². The smallest absolute Gasteiger partial charge is 0.256 e. The third-order valence-electron chi connectivity index (χ3n) is 4.74. The maximum atomic E-state index is 13.3. The van der Waals surface area contributed by atoms with Gasteiger partial charge < -0.3 is 15.0 Å². The molecule has 0 saturated heterocycles. The number of benzene rings is 3. The topological polar surface area (TPSA) is 70.2 Å². The molecule has 0 aliphatic heterocycles. The quantitative estimate of drug-likeness (QED) is 0.471. The first-order valence-corrected chi connectivity index (χ1v) is 9.54. The molecular weight excluding hydrogens is 402 g/mol. The molecule has 2 N–H and O–H groups in total. The van der Waals surface area contributed by atoms with Crippen molar-refractivity contribution >= 4 is 28.3 Å². The summed E-state index contributed by atoms with van der Waals surface area (Å²) in [5, 5.41) is 10.5. The van der Waals surface area contributed by atoms with E-state index in [9.17, 15) is 13.6 Å². The first-order chi connectivity index (χ1) is 14.9. The molecule has 0 atom stereocenters. The summed E-state index contributed by atoms with van der Waals surface area (Å²) in [5.41, 5.74) is 2.55. The number of carbonyl (C=O) groups is 1. The van der Waals surface area contributed by atoms with Crippen LogP contribution in [0.3, 0.4) is 0 Å². The minimum atomic E-state index is -0.653. The Morgan fingerprint density at radius 2 is 1.74 bits per heavy atom. The Balaban J connectivity index is 1.46. The summed E-state index contributed by atoms with van der Waals surface area (Å²) < 4.78 is 32.2. The largest absolute Gasteiger partial charge is 0.489 e. The van der Waals surface area contributed by atoms with E-state index in [0.717, 1.165) is 11.8 Å². The Labute approximate surface area is 177 Å². The number of H-pyrrole nitrogens is 1. The van der Waals surface area contributed by atoms with Crippen LogP contribution in [0.2, 0.25) is 0 Å². The van der Waals surface area contributed by atoms with Crippen molar-refractivity contribution in [2.24, 2.45) is 0 Å². The van der Waals surface area contributed by atoms with Gasteiger partial charge in [0, 0.05) is 42.9 Å². The van der Waals surface area contributed by atoms with Gasteiger partial charge in [-0.25, -0.2) is 8.78 Å². The van der Waals surface area contributed by atoms with Crippen LogP contribution in [-0.2, 0) is 6.61 Å². The number of fused-ring (bicyclic) bond motifs is 1. The zero-order valence-corrected chi connectivity index (χ0v) is 16.9. The standard InChI is InChI=1S/C23H20F2N4O2/c1-29(2)18-5-3-15(4-6-18)23(30)26-22-20-8-7-19(12-21(20)27-28-22)31-13-14-9-16(24)11-17(25)10-14/h3-12H,13H2,1-2H3,(H2,26,27,28,30). The number of nitrogens with zero attached hydrogens (tertiary/aromatic N) is 2. The lowest BCUT2D eigenvalue weighted by Gasteiger charge is -2.12. The molecule has 0 saturated carbocycles. The van der Waals surface area contributed by atoms with Crippen molar-refractivity contribution in [3.63, 3.8) is 0 Å². The van der Waals surface area contributed by atoms with E-state index in [2.05, 4.69) is 15.5 Å². The van der Waals surface area contributed by atoms with Gasteiger partial charge in [-0.15, -0.1) is 0 Å². The monoisotopic (exact) mass is 422 g/mol. The van der Waals surface area contributed by atoms with Gasteiger partial charge in [-0.05, 0) is 54.1 Å². The Morgan fingerprint density at radius 1 is 1.03 bits per heavy atom. The summed E-state index contributed by atoms with van der Waals surface area (Å²) in [6.07, 6.45) is 0. The van der Waals surface area contributed by atoms with Crippen LogP contribution in [0.4, 0.5) is 20.3 Å². The average molecular weight is 422 g/mol. The normalized spacial score (nSPS) is 10.8. The second-order valence-corrected chi connectivity index (χ2v) is 7.24. The van der Waals surface area contributed by atoms with Gasteiger partial charge in [-0.2, -0.15) is 5.10 Å². The molecular formula is C23H20F2N4O2. The summed E-state index contributed by atoms with van der Waals surface area (Å²) in [4.78, 5) is 14.5. The molecule has 0 bridgehead atoms. The molecule has 1 amide bonds. The van der Waals surface area contributed by atoms with Gasteiger partial charge in [0.05, 0.1) is 5.52 Å². The minimum Gasteiger partial charge on any atom is -0.489 e. The molecule has 158 valence electrons. The fourth-order valence-corrected chi connectivity index (χ4v) is 3.14. The fourth-order valence-electron chi connectivity index (χ4n) is 3.14. The van der Waals surface area contributed by atoms with Crippen molar-refractivity contribution < 1.29 is 18.3 Å². The van der Waals surface area contributed by atoms with Crippen LogP contribution >= 0.6 is 0 Å². The maximum absolute atomic E-state index is 13.3. The summed E-state index contributed by atoms with van der Waals surface area (Å²) in [7, 11) is 3.86. The molecule has 0 radical (unpaired) electrons. The van der Waals surface area contributed by atoms with E-state index in [4.69, 9.17) is 4.74 Å².